The molecule has 6 heteroatoms. The van der Waals surface area contributed by atoms with Crippen LogP contribution in [-0.4, -0.2) is 47.0 Å². The quantitative estimate of drug-likeness (QED) is 0.562. The number of hydrogen-bond donors (Lipinski definition) is 3. The van der Waals surface area contributed by atoms with Gasteiger partial charge in [-0.15, -0.1) is 0 Å². The Balaban J connectivity index is 1.58. The molecule has 0 saturated carbocycles. The number of anilines is 2. The maximum Gasteiger partial charge on any atom is 0.257 e. The lowest BCUT2D eigenvalue weighted by atomic mass is 9.94. The Labute approximate surface area is 182 Å². The number of rotatable bonds is 4. The summed E-state index contributed by atoms with van der Waals surface area (Å²) in [7, 11) is 2.17. The van der Waals surface area contributed by atoms with E-state index in [1.54, 1.807) is 12.4 Å². The van der Waals surface area contributed by atoms with Gasteiger partial charge in [0.05, 0.1) is 5.57 Å². The summed E-state index contributed by atoms with van der Waals surface area (Å²) >= 11 is 0. The Kier molecular flexibility index (Phi) is 5.08. The second kappa shape index (κ2) is 8.04. The first-order valence-electron chi connectivity index (χ1n) is 10.8. The fourth-order valence-corrected chi connectivity index (χ4v) is 4.42. The highest BCUT2D eigenvalue weighted by Crippen LogP contribution is 2.40. The molecule has 0 unspecified atom stereocenters. The summed E-state index contributed by atoms with van der Waals surface area (Å²) in [6, 6.07) is 14.8. The van der Waals surface area contributed by atoms with Crippen LogP contribution in [0.4, 0.5) is 11.4 Å². The number of benzene rings is 2. The molecular weight excluding hydrogens is 386 g/mol. The van der Waals surface area contributed by atoms with Crippen LogP contribution < -0.4 is 10.6 Å². The van der Waals surface area contributed by atoms with Gasteiger partial charge in [0.25, 0.3) is 5.91 Å². The van der Waals surface area contributed by atoms with E-state index in [0.29, 0.717) is 17.4 Å². The van der Waals surface area contributed by atoms with Gasteiger partial charge in [-0.3, -0.25) is 4.79 Å². The fourth-order valence-electron chi connectivity index (χ4n) is 4.42. The van der Waals surface area contributed by atoms with Crippen molar-refractivity contribution < 1.29 is 4.79 Å². The molecule has 0 bridgehead atoms. The standard InChI is InChI=1S/C25H27N5O/c1-16-3-5-17(6-4-16)22(24-26-11-12-27-24)23-20-15-19(7-8-21(20)29-25(23)31)28-18-9-13-30(2)14-10-18/h3-8,11-12,15,18,28H,9-10,13-14H2,1-2H3,(H,26,27)(H,29,31)/b23-22-. The third-order valence-electron chi connectivity index (χ3n) is 6.18. The molecule has 3 N–H and O–H groups in total. The summed E-state index contributed by atoms with van der Waals surface area (Å²) in [6.07, 6.45) is 5.74. The van der Waals surface area contributed by atoms with E-state index in [2.05, 4.69) is 63.7 Å². The fraction of sp³-hybridized carbons (Fsp3) is 0.280. The van der Waals surface area contributed by atoms with Crippen LogP contribution in [0.15, 0.2) is 54.9 Å². The summed E-state index contributed by atoms with van der Waals surface area (Å²) in [5, 5.41) is 6.71. The number of H-pyrrole nitrogens is 1. The molecule has 3 aromatic rings. The number of piperidine rings is 1. The van der Waals surface area contributed by atoms with E-state index >= 15 is 0 Å². The van der Waals surface area contributed by atoms with Crippen molar-refractivity contribution in [2.75, 3.05) is 30.8 Å². The monoisotopic (exact) mass is 413 g/mol. The van der Waals surface area contributed by atoms with Crippen LogP contribution in [0.2, 0.25) is 0 Å². The van der Waals surface area contributed by atoms with Crippen molar-refractivity contribution in [2.24, 2.45) is 0 Å². The number of aromatic amines is 1. The van der Waals surface area contributed by atoms with Gasteiger partial charge in [0.2, 0.25) is 0 Å². The van der Waals surface area contributed by atoms with E-state index in [1.807, 2.05) is 18.2 Å². The highest BCUT2D eigenvalue weighted by atomic mass is 16.2. The minimum atomic E-state index is -0.0987. The maximum absolute atomic E-state index is 13.1. The molecule has 158 valence electrons. The van der Waals surface area contributed by atoms with E-state index in [-0.39, 0.29) is 5.91 Å². The first-order valence-corrected chi connectivity index (χ1v) is 10.8. The minimum Gasteiger partial charge on any atom is -0.382 e. The van der Waals surface area contributed by atoms with Crippen molar-refractivity contribution in [1.29, 1.82) is 0 Å². The topological polar surface area (TPSA) is 73.1 Å². The second-order valence-electron chi connectivity index (χ2n) is 8.49. The molecule has 0 spiro atoms. The highest BCUT2D eigenvalue weighted by molar-refractivity contribution is 6.38. The summed E-state index contributed by atoms with van der Waals surface area (Å²) in [5.41, 5.74) is 6.41. The average molecular weight is 414 g/mol. The lowest BCUT2D eigenvalue weighted by molar-refractivity contribution is -0.110. The number of nitrogens with one attached hydrogen (secondary N) is 3. The lowest BCUT2D eigenvalue weighted by Crippen LogP contribution is -2.36. The third-order valence-corrected chi connectivity index (χ3v) is 6.18. The van der Waals surface area contributed by atoms with Gasteiger partial charge < -0.3 is 20.5 Å². The van der Waals surface area contributed by atoms with Gasteiger partial charge in [0, 0.05) is 40.9 Å². The number of imidazole rings is 1. The van der Waals surface area contributed by atoms with E-state index in [1.165, 1.54) is 5.56 Å². The Bertz CT molecular complexity index is 1120. The first-order chi connectivity index (χ1) is 15.1. The Hall–Kier alpha value is -3.38. The molecule has 6 nitrogen and oxygen atoms in total. The predicted octanol–water partition coefficient (Wildman–Crippen LogP) is 4.14. The normalized spacial score (nSPS) is 18.6. The summed E-state index contributed by atoms with van der Waals surface area (Å²) in [4.78, 5) is 23.1. The Morgan fingerprint density at radius 1 is 1.13 bits per heavy atom. The van der Waals surface area contributed by atoms with Crippen LogP contribution in [0.3, 0.4) is 0 Å². The van der Waals surface area contributed by atoms with Gasteiger partial charge in [0.1, 0.15) is 5.82 Å². The van der Waals surface area contributed by atoms with Crippen LogP contribution in [0, 0.1) is 6.92 Å². The molecule has 3 heterocycles. The van der Waals surface area contributed by atoms with E-state index in [0.717, 1.165) is 54.0 Å². The number of nitrogens with zero attached hydrogens (tertiary/aromatic N) is 2. The van der Waals surface area contributed by atoms with E-state index < -0.39 is 0 Å². The van der Waals surface area contributed by atoms with Gasteiger partial charge >= 0.3 is 0 Å². The average Bonchev–Trinajstić information content (AvgIpc) is 3.40. The Morgan fingerprint density at radius 3 is 2.61 bits per heavy atom. The van der Waals surface area contributed by atoms with Crippen molar-refractivity contribution in [3.63, 3.8) is 0 Å². The zero-order chi connectivity index (χ0) is 21.4. The van der Waals surface area contributed by atoms with Crippen LogP contribution in [0.1, 0.15) is 35.4 Å². The molecule has 31 heavy (non-hydrogen) atoms. The summed E-state index contributed by atoms with van der Waals surface area (Å²) < 4.78 is 0. The summed E-state index contributed by atoms with van der Waals surface area (Å²) in [5.74, 6) is 0.592. The lowest BCUT2D eigenvalue weighted by Gasteiger charge is -2.30. The number of amides is 1. The van der Waals surface area contributed by atoms with Crippen LogP contribution in [-0.2, 0) is 4.79 Å². The maximum atomic E-state index is 13.1. The van der Waals surface area contributed by atoms with Crippen molar-refractivity contribution in [3.8, 4) is 0 Å². The number of likely N-dealkylation sites (tertiary alicyclic amines) is 1. The molecule has 1 amide bonds. The van der Waals surface area contributed by atoms with E-state index in [9.17, 15) is 4.79 Å². The highest BCUT2D eigenvalue weighted by Gasteiger charge is 2.30. The zero-order valence-corrected chi connectivity index (χ0v) is 17.9. The zero-order valence-electron chi connectivity index (χ0n) is 17.9. The van der Waals surface area contributed by atoms with Gasteiger partial charge in [-0.25, -0.2) is 4.98 Å². The van der Waals surface area contributed by atoms with Crippen molar-refractivity contribution >= 4 is 28.4 Å². The molecule has 2 aliphatic heterocycles. The number of aryl methyl sites for hydroxylation is 1. The van der Waals surface area contributed by atoms with Crippen molar-refractivity contribution in [2.45, 2.75) is 25.8 Å². The van der Waals surface area contributed by atoms with Crippen LogP contribution >= 0.6 is 0 Å². The molecule has 2 aromatic carbocycles. The molecule has 1 aromatic heterocycles. The van der Waals surface area contributed by atoms with E-state index in [4.69, 9.17) is 0 Å². The molecule has 1 saturated heterocycles. The number of fused-ring (bicyclic) bond motifs is 1. The smallest absolute Gasteiger partial charge is 0.257 e. The molecule has 0 radical (unpaired) electrons. The van der Waals surface area contributed by atoms with Crippen LogP contribution in [0.25, 0.3) is 11.1 Å². The van der Waals surface area contributed by atoms with Gasteiger partial charge in [-0.2, -0.15) is 0 Å². The minimum absolute atomic E-state index is 0.0987. The Morgan fingerprint density at radius 2 is 1.90 bits per heavy atom. The summed E-state index contributed by atoms with van der Waals surface area (Å²) in [6.45, 7) is 4.26. The van der Waals surface area contributed by atoms with Gasteiger partial charge in [-0.05, 0) is 63.7 Å². The molecule has 0 aliphatic carbocycles. The third kappa shape index (κ3) is 3.86. The largest absolute Gasteiger partial charge is 0.382 e. The van der Waals surface area contributed by atoms with Gasteiger partial charge in [0.15, 0.2) is 0 Å². The molecule has 2 aliphatic rings. The molecule has 1 fully saturated rings. The number of hydrogen-bond acceptors (Lipinski definition) is 4. The van der Waals surface area contributed by atoms with Crippen molar-refractivity contribution in [3.05, 3.63) is 77.4 Å². The van der Waals surface area contributed by atoms with Crippen molar-refractivity contribution in [1.82, 2.24) is 14.9 Å². The second-order valence-corrected chi connectivity index (χ2v) is 8.49. The molecule has 5 rings (SSSR count). The van der Waals surface area contributed by atoms with Crippen LogP contribution in [0.5, 0.6) is 0 Å². The number of aromatic nitrogens is 2. The predicted molar refractivity (Wildman–Crippen MR) is 125 cm³/mol. The van der Waals surface area contributed by atoms with Gasteiger partial charge in [-0.1, -0.05) is 29.8 Å². The molecular formula is C25H27N5O. The first kappa shape index (κ1) is 19.6. The SMILES string of the molecule is Cc1ccc(/C(=C2/C(=O)Nc3ccc(NC4CCN(C)CC4)cc32)c2ncc[nH]2)cc1. The number of carbonyl (C=O) groups excluding carboxylic acids is 1. The molecule has 0 atom stereocenters. The number of carbonyl (C=O) groups is 1.